The maximum atomic E-state index is 12.2. The quantitative estimate of drug-likeness (QED) is 0.423. The number of carbonyl (C=O) groups excluding carboxylic acids is 2. The van der Waals surface area contributed by atoms with Crippen LogP contribution < -0.4 is 0 Å². The van der Waals surface area contributed by atoms with Crippen LogP contribution in [0.25, 0.3) is 0 Å². The van der Waals surface area contributed by atoms with Crippen molar-refractivity contribution in [1.82, 2.24) is 0 Å². The summed E-state index contributed by atoms with van der Waals surface area (Å²) in [4.78, 5) is 24.0. The molecular weight excluding hydrogens is 264 g/mol. The minimum atomic E-state index is -0.288. The number of rotatable bonds is 1. The lowest BCUT2D eigenvalue weighted by Crippen LogP contribution is -2.42. The van der Waals surface area contributed by atoms with Gasteiger partial charge in [-0.25, -0.2) is 0 Å². The predicted octanol–water partition coefficient (Wildman–Crippen LogP) is 2.89. The van der Waals surface area contributed by atoms with Crippen LogP contribution in [-0.4, -0.2) is 11.9 Å². The standard InChI is InChI=1S/C18H24O3/c1-7-11-6-12(16-10-4-3-9(5-10)15(11)16)13(7)14-8(2)17(19)21-18(14)20/h7-16H,3-6H2,1-2H3. The monoisotopic (exact) mass is 288 g/mol. The Hall–Kier alpha value is -0.860. The van der Waals surface area contributed by atoms with Crippen LogP contribution in [0.5, 0.6) is 0 Å². The van der Waals surface area contributed by atoms with Gasteiger partial charge in [0.25, 0.3) is 0 Å². The van der Waals surface area contributed by atoms with Gasteiger partial charge in [0, 0.05) is 0 Å². The smallest absolute Gasteiger partial charge is 0.317 e. The molecule has 114 valence electrons. The van der Waals surface area contributed by atoms with Crippen molar-refractivity contribution < 1.29 is 14.3 Å². The fourth-order valence-electron chi connectivity index (χ4n) is 7.63. The molecule has 4 bridgehead atoms. The Labute approximate surface area is 125 Å². The molecule has 4 saturated carbocycles. The van der Waals surface area contributed by atoms with Crippen LogP contribution in [-0.2, 0) is 14.3 Å². The third-order valence-electron chi connectivity index (χ3n) is 8.16. The van der Waals surface area contributed by atoms with Crippen molar-refractivity contribution in [2.45, 2.75) is 39.5 Å². The van der Waals surface area contributed by atoms with Gasteiger partial charge in [0.1, 0.15) is 0 Å². The van der Waals surface area contributed by atoms with Crippen LogP contribution in [0.1, 0.15) is 39.5 Å². The molecule has 5 aliphatic rings. The predicted molar refractivity (Wildman–Crippen MR) is 75.8 cm³/mol. The Bertz CT molecular complexity index is 527. The molecule has 4 aliphatic carbocycles. The number of ether oxygens (including phenoxy) is 1. The Morgan fingerprint density at radius 3 is 2.14 bits per heavy atom. The molecular formula is C18H24O3. The van der Waals surface area contributed by atoms with Crippen molar-refractivity contribution >= 4 is 11.9 Å². The highest BCUT2D eigenvalue weighted by atomic mass is 16.6. The van der Waals surface area contributed by atoms with Crippen LogP contribution in [0.3, 0.4) is 0 Å². The third kappa shape index (κ3) is 1.37. The van der Waals surface area contributed by atoms with E-state index < -0.39 is 0 Å². The highest BCUT2D eigenvalue weighted by Crippen LogP contribution is 2.71. The van der Waals surface area contributed by atoms with Gasteiger partial charge in [-0.3, -0.25) is 9.59 Å². The Balaban J connectivity index is 1.50. The van der Waals surface area contributed by atoms with Gasteiger partial charge in [0.2, 0.25) is 0 Å². The molecule has 3 nitrogen and oxygen atoms in total. The van der Waals surface area contributed by atoms with E-state index in [1.165, 1.54) is 25.7 Å². The molecule has 1 saturated heterocycles. The molecule has 0 aromatic rings. The van der Waals surface area contributed by atoms with Crippen molar-refractivity contribution in [3.8, 4) is 0 Å². The zero-order chi connectivity index (χ0) is 14.5. The lowest BCUT2D eigenvalue weighted by molar-refractivity contribution is -0.154. The summed E-state index contributed by atoms with van der Waals surface area (Å²) >= 11 is 0. The number of hydrogen-bond acceptors (Lipinski definition) is 3. The molecule has 0 N–H and O–H groups in total. The second kappa shape index (κ2) is 3.91. The molecule has 5 fully saturated rings. The number of fused-ring (bicyclic) bond motifs is 9. The molecule has 5 rings (SSSR count). The number of cyclic esters (lactones) is 2. The molecule has 0 radical (unpaired) electrons. The maximum absolute atomic E-state index is 12.2. The van der Waals surface area contributed by atoms with Crippen LogP contribution in [0.15, 0.2) is 0 Å². The van der Waals surface area contributed by atoms with E-state index in [-0.39, 0.29) is 23.8 Å². The van der Waals surface area contributed by atoms with E-state index in [9.17, 15) is 9.59 Å². The second-order valence-electron chi connectivity index (χ2n) is 8.54. The largest absolute Gasteiger partial charge is 0.393 e. The van der Waals surface area contributed by atoms with E-state index in [1.807, 2.05) is 6.92 Å². The van der Waals surface area contributed by atoms with Gasteiger partial charge in [-0.05, 0) is 73.0 Å². The summed E-state index contributed by atoms with van der Waals surface area (Å²) in [6, 6.07) is 0. The highest BCUT2D eigenvalue weighted by Gasteiger charge is 2.67. The van der Waals surface area contributed by atoms with Crippen LogP contribution in [0.4, 0.5) is 0 Å². The van der Waals surface area contributed by atoms with Gasteiger partial charge in [-0.2, -0.15) is 0 Å². The van der Waals surface area contributed by atoms with E-state index in [4.69, 9.17) is 4.74 Å². The second-order valence-corrected chi connectivity index (χ2v) is 8.54. The molecule has 0 spiro atoms. The van der Waals surface area contributed by atoms with Crippen LogP contribution >= 0.6 is 0 Å². The SMILES string of the molecule is CC1C(=O)OC(=O)C1C1C(C)C2CC1C1C3CCC(C3)C21. The summed E-state index contributed by atoms with van der Waals surface area (Å²) < 4.78 is 4.95. The van der Waals surface area contributed by atoms with E-state index in [1.54, 1.807) is 0 Å². The summed E-state index contributed by atoms with van der Waals surface area (Å²) in [6.45, 7) is 4.25. The zero-order valence-corrected chi connectivity index (χ0v) is 12.8. The van der Waals surface area contributed by atoms with Crippen molar-refractivity contribution in [1.29, 1.82) is 0 Å². The van der Waals surface area contributed by atoms with E-state index in [0.29, 0.717) is 17.8 Å². The van der Waals surface area contributed by atoms with Gasteiger partial charge in [0.15, 0.2) is 0 Å². The third-order valence-corrected chi connectivity index (χ3v) is 8.16. The summed E-state index contributed by atoms with van der Waals surface area (Å²) in [5.74, 6) is 5.35. The molecule has 1 heterocycles. The summed E-state index contributed by atoms with van der Waals surface area (Å²) in [5, 5.41) is 0. The molecule has 0 aromatic carbocycles. The minimum Gasteiger partial charge on any atom is -0.393 e. The van der Waals surface area contributed by atoms with E-state index in [2.05, 4.69) is 6.92 Å². The average molecular weight is 288 g/mol. The average Bonchev–Trinajstić information content (AvgIpc) is 3.19. The highest BCUT2D eigenvalue weighted by molar-refractivity contribution is 5.96. The molecule has 21 heavy (non-hydrogen) atoms. The van der Waals surface area contributed by atoms with Gasteiger partial charge in [-0.15, -0.1) is 0 Å². The van der Waals surface area contributed by atoms with Gasteiger partial charge < -0.3 is 4.74 Å². The van der Waals surface area contributed by atoms with Crippen LogP contribution in [0, 0.1) is 59.2 Å². The molecule has 1 aliphatic heterocycles. The van der Waals surface area contributed by atoms with Gasteiger partial charge in [-0.1, -0.05) is 13.8 Å². The molecule has 10 unspecified atom stereocenters. The fraction of sp³-hybridized carbons (Fsp3) is 0.889. The van der Waals surface area contributed by atoms with Gasteiger partial charge >= 0.3 is 11.9 Å². The van der Waals surface area contributed by atoms with Crippen molar-refractivity contribution in [2.24, 2.45) is 59.2 Å². The number of carbonyl (C=O) groups is 2. The Morgan fingerprint density at radius 1 is 0.857 bits per heavy atom. The summed E-state index contributed by atoms with van der Waals surface area (Å²) in [5.41, 5.74) is 0. The first kappa shape index (κ1) is 12.7. The number of hydrogen-bond donors (Lipinski definition) is 0. The maximum Gasteiger partial charge on any atom is 0.317 e. The van der Waals surface area contributed by atoms with Crippen molar-refractivity contribution in [3.05, 3.63) is 0 Å². The fourth-order valence-corrected chi connectivity index (χ4v) is 7.63. The normalized spacial score (nSPS) is 60.7. The molecule has 10 atom stereocenters. The first-order chi connectivity index (χ1) is 10.1. The van der Waals surface area contributed by atoms with E-state index in [0.717, 1.165) is 29.6 Å². The van der Waals surface area contributed by atoms with Gasteiger partial charge in [0.05, 0.1) is 11.8 Å². The zero-order valence-electron chi connectivity index (χ0n) is 12.8. The lowest BCUT2D eigenvalue weighted by atomic mass is 9.60. The lowest BCUT2D eigenvalue weighted by Gasteiger charge is -2.44. The first-order valence-electron chi connectivity index (χ1n) is 8.83. The molecule has 3 heteroatoms. The minimum absolute atomic E-state index is 0.150. The number of esters is 2. The Morgan fingerprint density at radius 2 is 1.52 bits per heavy atom. The van der Waals surface area contributed by atoms with Crippen LogP contribution in [0.2, 0.25) is 0 Å². The summed E-state index contributed by atoms with van der Waals surface area (Å²) in [7, 11) is 0. The van der Waals surface area contributed by atoms with Crippen molar-refractivity contribution in [2.75, 3.05) is 0 Å². The Kier molecular flexibility index (Phi) is 2.36. The molecule has 0 aromatic heterocycles. The molecule has 0 amide bonds. The topological polar surface area (TPSA) is 43.4 Å². The first-order valence-corrected chi connectivity index (χ1v) is 8.83. The van der Waals surface area contributed by atoms with E-state index >= 15 is 0 Å². The summed E-state index contributed by atoms with van der Waals surface area (Å²) in [6.07, 6.45) is 5.64. The van der Waals surface area contributed by atoms with Crippen molar-refractivity contribution in [3.63, 3.8) is 0 Å².